The van der Waals surface area contributed by atoms with Gasteiger partial charge in [-0.15, -0.1) is 11.3 Å². The van der Waals surface area contributed by atoms with E-state index >= 15 is 0 Å². The smallest absolute Gasteiger partial charge is 0.382 e. The van der Waals surface area contributed by atoms with E-state index in [1.165, 1.54) is 15.6 Å². The second kappa shape index (κ2) is 6.82. The predicted octanol–water partition coefficient (Wildman–Crippen LogP) is 5.20. The highest BCUT2D eigenvalue weighted by Crippen LogP contribution is 2.41. The standard InChI is InChI=1S/C21H18F3N5S/c1-3-12-8-17(21(22,23)24)28-29(12)18-7-4-13-14(27-18)5-6-15-19(13)20-16(30-15)10-25-11(2)9-26-20/h3-8,11,25-26H,1,9-10H2,2H3/t11-/m1/s1. The van der Waals surface area contributed by atoms with Gasteiger partial charge in [0.05, 0.1) is 16.9 Å². The Morgan fingerprint density at radius 3 is 2.87 bits per heavy atom. The molecule has 1 atom stereocenters. The molecule has 0 aliphatic carbocycles. The van der Waals surface area contributed by atoms with Gasteiger partial charge in [-0.25, -0.2) is 9.67 Å². The van der Waals surface area contributed by atoms with Gasteiger partial charge < -0.3 is 10.6 Å². The Morgan fingerprint density at radius 1 is 1.27 bits per heavy atom. The van der Waals surface area contributed by atoms with Gasteiger partial charge in [0.15, 0.2) is 11.5 Å². The zero-order valence-electron chi connectivity index (χ0n) is 16.0. The van der Waals surface area contributed by atoms with Crippen molar-refractivity contribution in [1.29, 1.82) is 0 Å². The van der Waals surface area contributed by atoms with Gasteiger partial charge in [0, 0.05) is 39.5 Å². The number of pyridine rings is 1. The minimum atomic E-state index is -4.53. The highest BCUT2D eigenvalue weighted by atomic mass is 32.1. The Morgan fingerprint density at radius 2 is 2.10 bits per heavy atom. The van der Waals surface area contributed by atoms with E-state index < -0.39 is 11.9 Å². The van der Waals surface area contributed by atoms with Crippen LogP contribution in [0.25, 0.3) is 32.9 Å². The van der Waals surface area contributed by atoms with Crippen LogP contribution in [0.5, 0.6) is 0 Å². The first-order chi connectivity index (χ1) is 14.3. The van der Waals surface area contributed by atoms with E-state index in [0.29, 0.717) is 17.4 Å². The Hall–Kier alpha value is -2.91. The van der Waals surface area contributed by atoms with Gasteiger partial charge in [0.2, 0.25) is 0 Å². The summed E-state index contributed by atoms with van der Waals surface area (Å²) in [6, 6.07) is 8.84. The van der Waals surface area contributed by atoms with E-state index in [-0.39, 0.29) is 5.69 Å². The molecule has 154 valence electrons. The monoisotopic (exact) mass is 429 g/mol. The number of hydrogen-bond acceptors (Lipinski definition) is 5. The Kier molecular flexibility index (Phi) is 4.33. The largest absolute Gasteiger partial charge is 0.435 e. The summed E-state index contributed by atoms with van der Waals surface area (Å²) in [6.07, 6.45) is -3.19. The number of nitrogens with zero attached hydrogens (tertiary/aromatic N) is 3. The van der Waals surface area contributed by atoms with Crippen LogP contribution in [-0.2, 0) is 12.7 Å². The summed E-state index contributed by atoms with van der Waals surface area (Å²) in [5, 5.41) is 12.8. The summed E-state index contributed by atoms with van der Waals surface area (Å²) in [5.74, 6) is 0.316. The van der Waals surface area contributed by atoms with Gasteiger partial charge >= 0.3 is 6.18 Å². The summed E-state index contributed by atoms with van der Waals surface area (Å²) in [4.78, 5) is 5.85. The van der Waals surface area contributed by atoms with Crippen molar-refractivity contribution in [3.8, 4) is 5.82 Å². The lowest BCUT2D eigenvalue weighted by Crippen LogP contribution is -2.29. The number of anilines is 1. The van der Waals surface area contributed by atoms with Crippen molar-refractivity contribution in [2.45, 2.75) is 25.7 Å². The number of aromatic nitrogens is 3. The third-order valence-electron chi connectivity index (χ3n) is 5.23. The van der Waals surface area contributed by atoms with Crippen molar-refractivity contribution >= 4 is 44.1 Å². The molecular formula is C21H18F3N5S. The molecule has 1 aliphatic heterocycles. The average Bonchev–Trinajstić information content (AvgIpc) is 3.27. The predicted molar refractivity (Wildman–Crippen MR) is 114 cm³/mol. The van der Waals surface area contributed by atoms with E-state index in [4.69, 9.17) is 0 Å². The highest BCUT2D eigenvalue weighted by Gasteiger charge is 2.35. The number of benzene rings is 1. The number of alkyl halides is 3. The van der Waals surface area contributed by atoms with Crippen LogP contribution in [0.2, 0.25) is 0 Å². The molecule has 2 N–H and O–H groups in total. The topological polar surface area (TPSA) is 54.8 Å². The van der Waals surface area contributed by atoms with E-state index in [1.807, 2.05) is 18.2 Å². The van der Waals surface area contributed by atoms with Crippen LogP contribution < -0.4 is 10.6 Å². The number of nitrogens with one attached hydrogen (secondary N) is 2. The molecule has 4 heterocycles. The van der Waals surface area contributed by atoms with E-state index in [1.54, 1.807) is 17.4 Å². The number of halogens is 3. The maximum Gasteiger partial charge on any atom is 0.435 e. The summed E-state index contributed by atoms with van der Waals surface area (Å²) >= 11 is 1.73. The van der Waals surface area contributed by atoms with Gasteiger partial charge in [-0.3, -0.25) is 0 Å². The SMILES string of the molecule is C=Cc1cc(C(F)(F)F)nn1-c1ccc2c(ccc3sc4c(c32)NC[C@@H](C)NC4)n1. The molecule has 9 heteroatoms. The first-order valence-corrected chi connectivity index (χ1v) is 10.3. The van der Waals surface area contributed by atoms with Crippen LogP contribution in [0.4, 0.5) is 18.9 Å². The first-order valence-electron chi connectivity index (χ1n) is 9.47. The van der Waals surface area contributed by atoms with Gasteiger partial charge in [-0.05, 0) is 43.3 Å². The summed E-state index contributed by atoms with van der Waals surface area (Å²) in [6.45, 7) is 7.35. The van der Waals surface area contributed by atoms with Crippen molar-refractivity contribution in [3.63, 3.8) is 0 Å². The van der Waals surface area contributed by atoms with E-state index in [2.05, 4.69) is 34.2 Å². The van der Waals surface area contributed by atoms with Crippen molar-refractivity contribution in [1.82, 2.24) is 20.1 Å². The molecule has 5 rings (SSSR count). The fourth-order valence-electron chi connectivity index (χ4n) is 3.73. The molecule has 1 aliphatic rings. The Balaban J connectivity index is 1.67. The number of thiophene rings is 1. The molecule has 1 aromatic carbocycles. The van der Waals surface area contributed by atoms with Crippen LogP contribution in [0.15, 0.2) is 36.9 Å². The second-order valence-corrected chi connectivity index (χ2v) is 8.44. The van der Waals surface area contributed by atoms with Crippen molar-refractivity contribution in [3.05, 3.63) is 53.2 Å². The van der Waals surface area contributed by atoms with Crippen molar-refractivity contribution in [2.24, 2.45) is 0 Å². The third-order valence-corrected chi connectivity index (χ3v) is 6.38. The summed E-state index contributed by atoms with van der Waals surface area (Å²) in [7, 11) is 0. The maximum atomic E-state index is 13.1. The first kappa shape index (κ1) is 19.1. The molecule has 0 spiro atoms. The number of fused-ring (bicyclic) bond motifs is 5. The van der Waals surface area contributed by atoms with Crippen molar-refractivity contribution < 1.29 is 13.2 Å². The third kappa shape index (κ3) is 3.05. The molecule has 0 amide bonds. The fourth-order valence-corrected chi connectivity index (χ4v) is 4.87. The second-order valence-electron chi connectivity index (χ2n) is 7.31. The lowest BCUT2D eigenvalue weighted by Gasteiger charge is -2.10. The Bertz CT molecular complexity index is 1290. The molecular weight excluding hydrogens is 411 g/mol. The summed E-state index contributed by atoms with van der Waals surface area (Å²) in [5.41, 5.74) is 1.08. The average molecular weight is 429 g/mol. The molecule has 0 saturated heterocycles. The molecule has 30 heavy (non-hydrogen) atoms. The van der Waals surface area contributed by atoms with Crippen LogP contribution in [0.1, 0.15) is 23.2 Å². The zero-order valence-corrected chi connectivity index (χ0v) is 16.9. The highest BCUT2D eigenvalue weighted by molar-refractivity contribution is 7.20. The number of rotatable bonds is 2. The molecule has 4 aromatic rings. The lowest BCUT2D eigenvalue weighted by atomic mass is 10.1. The van der Waals surface area contributed by atoms with Crippen LogP contribution in [0.3, 0.4) is 0 Å². The van der Waals surface area contributed by atoms with Gasteiger partial charge in [0.1, 0.15) is 0 Å². The molecule has 0 fully saturated rings. The summed E-state index contributed by atoms with van der Waals surface area (Å²) < 4.78 is 41.6. The molecule has 0 saturated carbocycles. The lowest BCUT2D eigenvalue weighted by molar-refractivity contribution is -0.141. The molecule has 0 radical (unpaired) electrons. The Labute approximate surface area is 174 Å². The van der Waals surface area contributed by atoms with E-state index in [9.17, 15) is 13.2 Å². The molecule has 0 bridgehead atoms. The molecule has 0 unspecified atom stereocenters. The fraction of sp³-hybridized carbons (Fsp3) is 0.238. The number of hydrogen-bond donors (Lipinski definition) is 2. The van der Waals surface area contributed by atoms with Gasteiger partial charge in [-0.2, -0.15) is 18.3 Å². The van der Waals surface area contributed by atoms with Crippen LogP contribution >= 0.6 is 11.3 Å². The minimum Gasteiger partial charge on any atom is -0.382 e. The van der Waals surface area contributed by atoms with Crippen molar-refractivity contribution in [2.75, 3.05) is 11.9 Å². The quantitative estimate of drug-likeness (QED) is 0.460. The maximum absolute atomic E-state index is 13.1. The van der Waals surface area contributed by atoms with Gasteiger partial charge in [-0.1, -0.05) is 6.58 Å². The minimum absolute atomic E-state index is 0.237. The van der Waals surface area contributed by atoms with Gasteiger partial charge in [0.25, 0.3) is 0 Å². The normalized spacial score (nSPS) is 17.0. The van der Waals surface area contributed by atoms with Crippen LogP contribution in [-0.4, -0.2) is 27.4 Å². The van der Waals surface area contributed by atoms with E-state index in [0.717, 1.165) is 40.3 Å². The molecule has 5 nitrogen and oxygen atoms in total. The van der Waals surface area contributed by atoms with Crippen LogP contribution in [0, 0.1) is 0 Å². The zero-order chi connectivity index (χ0) is 21.0. The molecule has 3 aromatic heterocycles.